The predicted octanol–water partition coefficient (Wildman–Crippen LogP) is 4.13. The normalized spacial score (nSPS) is 29.0. The number of hydrogen-bond donors (Lipinski definition) is 1. The number of hydrogen-bond acceptors (Lipinski definition) is 2. The van der Waals surface area contributed by atoms with Gasteiger partial charge in [-0.15, -0.1) is 0 Å². The molecule has 0 aromatic heterocycles. The maximum atomic E-state index is 6.09. The van der Waals surface area contributed by atoms with Crippen molar-refractivity contribution in [3.8, 4) is 5.75 Å². The molecule has 1 saturated carbocycles. The molecule has 2 heteroatoms. The third-order valence-corrected chi connectivity index (χ3v) is 5.64. The van der Waals surface area contributed by atoms with E-state index in [1.165, 1.54) is 36.1 Å². The van der Waals surface area contributed by atoms with Crippen LogP contribution in [0.3, 0.4) is 0 Å². The van der Waals surface area contributed by atoms with Crippen LogP contribution in [0.2, 0.25) is 0 Å². The fraction of sp³-hybridized carbons (Fsp3) is 0.684. The van der Waals surface area contributed by atoms with Gasteiger partial charge in [0.05, 0.1) is 6.61 Å². The van der Waals surface area contributed by atoms with Crippen molar-refractivity contribution in [1.29, 1.82) is 0 Å². The van der Waals surface area contributed by atoms with Gasteiger partial charge in [-0.2, -0.15) is 0 Å². The van der Waals surface area contributed by atoms with Crippen LogP contribution in [0.25, 0.3) is 0 Å². The first-order valence-electron chi connectivity index (χ1n) is 8.65. The van der Waals surface area contributed by atoms with E-state index in [9.17, 15) is 0 Å². The maximum absolute atomic E-state index is 6.09. The number of benzene rings is 1. The van der Waals surface area contributed by atoms with Crippen LogP contribution in [0.1, 0.15) is 56.6 Å². The molecule has 0 saturated heterocycles. The van der Waals surface area contributed by atoms with E-state index in [1.807, 2.05) is 0 Å². The molecule has 0 spiro atoms. The topological polar surface area (TPSA) is 35.2 Å². The summed E-state index contributed by atoms with van der Waals surface area (Å²) in [5.74, 6) is 4.00. The first-order valence-corrected chi connectivity index (χ1v) is 8.65. The fourth-order valence-corrected chi connectivity index (χ4v) is 4.24. The molecular formula is C19H29NO. The second kappa shape index (κ2) is 6.39. The standard InChI is InChI=1S/C19H29NO/c1-13(2)15-8-9-16(12-20)18(11-15)17-7-3-5-14-6-4-10-21-19(14)17/h3,5,7,13,15-16,18H,4,6,8-12,20H2,1-2H3. The molecule has 0 radical (unpaired) electrons. The predicted molar refractivity (Wildman–Crippen MR) is 87.7 cm³/mol. The Balaban J connectivity index is 1.92. The van der Waals surface area contributed by atoms with Gasteiger partial charge in [-0.1, -0.05) is 32.0 Å². The molecule has 1 aliphatic heterocycles. The van der Waals surface area contributed by atoms with E-state index in [2.05, 4.69) is 32.0 Å². The Bertz CT molecular complexity index is 482. The minimum absolute atomic E-state index is 0.587. The summed E-state index contributed by atoms with van der Waals surface area (Å²) in [5.41, 5.74) is 8.93. The van der Waals surface area contributed by atoms with Gasteiger partial charge in [0.15, 0.2) is 0 Å². The lowest BCUT2D eigenvalue weighted by atomic mass is 9.68. The van der Waals surface area contributed by atoms with Gasteiger partial charge in [-0.25, -0.2) is 0 Å². The van der Waals surface area contributed by atoms with Crippen molar-refractivity contribution in [2.45, 2.75) is 51.9 Å². The van der Waals surface area contributed by atoms with Gasteiger partial charge in [-0.05, 0) is 73.4 Å². The number of ether oxygens (including phenoxy) is 1. The Morgan fingerprint density at radius 3 is 2.90 bits per heavy atom. The van der Waals surface area contributed by atoms with E-state index in [0.29, 0.717) is 11.8 Å². The van der Waals surface area contributed by atoms with Crippen LogP contribution in [0.5, 0.6) is 5.75 Å². The van der Waals surface area contributed by atoms with Gasteiger partial charge in [0, 0.05) is 0 Å². The summed E-state index contributed by atoms with van der Waals surface area (Å²) in [7, 11) is 0. The zero-order chi connectivity index (χ0) is 14.8. The monoisotopic (exact) mass is 287 g/mol. The molecule has 0 amide bonds. The minimum atomic E-state index is 0.587. The summed E-state index contributed by atoms with van der Waals surface area (Å²) < 4.78 is 6.06. The van der Waals surface area contributed by atoms with Crippen LogP contribution in [0, 0.1) is 17.8 Å². The molecule has 116 valence electrons. The number of rotatable bonds is 3. The molecule has 1 fully saturated rings. The largest absolute Gasteiger partial charge is 0.493 e. The van der Waals surface area contributed by atoms with E-state index in [1.54, 1.807) is 0 Å². The molecule has 21 heavy (non-hydrogen) atoms. The Labute approximate surface area is 129 Å². The van der Waals surface area contributed by atoms with Crippen LogP contribution < -0.4 is 10.5 Å². The zero-order valence-electron chi connectivity index (χ0n) is 13.5. The zero-order valence-corrected chi connectivity index (χ0v) is 13.5. The van der Waals surface area contributed by atoms with Gasteiger partial charge < -0.3 is 10.5 Å². The fourth-order valence-electron chi connectivity index (χ4n) is 4.24. The van der Waals surface area contributed by atoms with Crippen molar-refractivity contribution in [3.05, 3.63) is 29.3 Å². The molecule has 3 unspecified atom stereocenters. The van der Waals surface area contributed by atoms with Crippen LogP contribution in [0.15, 0.2) is 18.2 Å². The Morgan fingerprint density at radius 1 is 1.29 bits per heavy atom. The van der Waals surface area contributed by atoms with Crippen molar-refractivity contribution in [2.24, 2.45) is 23.5 Å². The summed E-state index contributed by atoms with van der Waals surface area (Å²) in [6.45, 7) is 6.40. The molecule has 3 rings (SSSR count). The molecule has 0 bridgehead atoms. The van der Waals surface area contributed by atoms with Crippen LogP contribution >= 0.6 is 0 Å². The SMILES string of the molecule is CC(C)C1CCC(CN)C(c2cccc3c2OCCC3)C1. The smallest absolute Gasteiger partial charge is 0.125 e. The molecule has 1 aliphatic carbocycles. The number of para-hydroxylation sites is 1. The summed E-state index contributed by atoms with van der Waals surface area (Å²) in [5, 5.41) is 0. The van der Waals surface area contributed by atoms with Gasteiger partial charge >= 0.3 is 0 Å². The highest BCUT2D eigenvalue weighted by molar-refractivity contribution is 5.45. The van der Waals surface area contributed by atoms with E-state index < -0.39 is 0 Å². The summed E-state index contributed by atoms with van der Waals surface area (Å²) in [6.07, 6.45) is 6.20. The number of fused-ring (bicyclic) bond motifs is 1. The summed E-state index contributed by atoms with van der Waals surface area (Å²) in [4.78, 5) is 0. The summed E-state index contributed by atoms with van der Waals surface area (Å²) in [6, 6.07) is 6.74. The van der Waals surface area contributed by atoms with E-state index in [-0.39, 0.29) is 0 Å². The highest BCUT2D eigenvalue weighted by Crippen LogP contribution is 2.46. The highest BCUT2D eigenvalue weighted by Gasteiger charge is 2.34. The Morgan fingerprint density at radius 2 is 2.14 bits per heavy atom. The lowest BCUT2D eigenvalue weighted by molar-refractivity contribution is 0.192. The van der Waals surface area contributed by atoms with Gasteiger partial charge in [0.25, 0.3) is 0 Å². The van der Waals surface area contributed by atoms with Crippen LogP contribution in [-0.2, 0) is 6.42 Å². The third kappa shape index (κ3) is 2.96. The van der Waals surface area contributed by atoms with Crippen molar-refractivity contribution < 1.29 is 4.74 Å². The molecule has 2 aliphatic rings. The number of aryl methyl sites for hydroxylation is 1. The molecular weight excluding hydrogens is 258 g/mol. The van der Waals surface area contributed by atoms with E-state index >= 15 is 0 Å². The molecule has 1 aromatic carbocycles. The second-order valence-corrected chi connectivity index (χ2v) is 7.21. The quantitative estimate of drug-likeness (QED) is 0.907. The van der Waals surface area contributed by atoms with E-state index in [4.69, 9.17) is 10.5 Å². The second-order valence-electron chi connectivity index (χ2n) is 7.21. The number of nitrogens with two attached hydrogens (primary N) is 1. The first kappa shape index (κ1) is 14.9. The van der Waals surface area contributed by atoms with Crippen LogP contribution in [-0.4, -0.2) is 13.2 Å². The van der Waals surface area contributed by atoms with Crippen molar-refractivity contribution >= 4 is 0 Å². The van der Waals surface area contributed by atoms with Crippen molar-refractivity contribution in [1.82, 2.24) is 0 Å². The lowest BCUT2D eigenvalue weighted by Crippen LogP contribution is -2.31. The highest BCUT2D eigenvalue weighted by atomic mass is 16.5. The Kier molecular flexibility index (Phi) is 4.54. The van der Waals surface area contributed by atoms with Crippen molar-refractivity contribution in [2.75, 3.05) is 13.2 Å². The third-order valence-electron chi connectivity index (χ3n) is 5.64. The summed E-state index contributed by atoms with van der Waals surface area (Å²) >= 11 is 0. The molecule has 1 heterocycles. The van der Waals surface area contributed by atoms with Gasteiger partial charge in [0.1, 0.15) is 5.75 Å². The molecule has 2 nitrogen and oxygen atoms in total. The lowest BCUT2D eigenvalue weighted by Gasteiger charge is -2.39. The average Bonchev–Trinajstić information content (AvgIpc) is 2.53. The van der Waals surface area contributed by atoms with Crippen LogP contribution in [0.4, 0.5) is 0 Å². The Hall–Kier alpha value is -1.02. The molecule has 2 N–H and O–H groups in total. The maximum Gasteiger partial charge on any atom is 0.125 e. The minimum Gasteiger partial charge on any atom is -0.493 e. The molecule has 1 aromatic rings. The van der Waals surface area contributed by atoms with Crippen molar-refractivity contribution in [3.63, 3.8) is 0 Å². The van der Waals surface area contributed by atoms with E-state index in [0.717, 1.165) is 37.8 Å². The van der Waals surface area contributed by atoms with Gasteiger partial charge in [-0.3, -0.25) is 0 Å². The molecule has 3 atom stereocenters. The van der Waals surface area contributed by atoms with Gasteiger partial charge in [0.2, 0.25) is 0 Å². The first-order chi connectivity index (χ1) is 10.2. The average molecular weight is 287 g/mol.